The molecular weight excluding hydrogens is 544 g/mol. The first-order valence-electron chi connectivity index (χ1n) is 13.2. The molecule has 3 aromatic carbocycles. The molecule has 5 rings (SSSR count). The van der Waals surface area contributed by atoms with Crippen molar-refractivity contribution in [3.05, 3.63) is 72.4 Å². The van der Waals surface area contributed by atoms with Crippen molar-refractivity contribution in [2.45, 2.75) is 36.3 Å². The van der Waals surface area contributed by atoms with Crippen LogP contribution >= 0.6 is 0 Å². The third-order valence-electron chi connectivity index (χ3n) is 6.90. The number of anilines is 3. The first kappa shape index (κ1) is 28.0. The van der Waals surface area contributed by atoms with E-state index >= 15 is 0 Å². The molecule has 1 aliphatic rings. The number of ketones is 1. The highest BCUT2D eigenvalue weighted by atomic mass is 32.2. The quantitative estimate of drug-likeness (QED) is 0.281. The highest BCUT2D eigenvalue weighted by molar-refractivity contribution is 7.90. The first-order valence-corrected chi connectivity index (χ1v) is 14.8. The summed E-state index contributed by atoms with van der Waals surface area (Å²) in [6.45, 7) is 0. The molecule has 1 aliphatic carbocycles. The normalized spacial score (nSPS) is 15.4. The zero-order valence-corrected chi connectivity index (χ0v) is 23.5. The number of fused-ring (bicyclic) bond motifs is 1. The molecule has 1 fully saturated rings. The number of benzene rings is 3. The lowest BCUT2D eigenvalue weighted by Gasteiger charge is -2.20. The standard InChI is InChI=1S/C30H30N4O6S/c1-39-23-14-21(15-24(17-23)40-2)31-29-28(33-26-11-3-4-12-27(26)34-29)18-41(37,38)25-10-6-8-20(16-25)32-30(36)19-7-5-9-22(35)13-19/h3-4,6,8,10-12,14-17,19H,5,7,9,13,18H2,1-2H3,(H,31,34)(H,32,36). The average molecular weight is 575 g/mol. The fraction of sp³-hybridized carbons (Fsp3) is 0.267. The number of carbonyl (C=O) groups is 2. The molecule has 1 saturated carbocycles. The SMILES string of the molecule is COc1cc(Nc2nc3ccccc3nc2CS(=O)(=O)c2cccc(NC(=O)C3CCCC(=O)C3)c2)cc(OC)c1. The van der Waals surface area contributed by atoms with Gasteiger partial charge in [0, 0.05) is 48.3 Å². The largest absolute Gasteiger partial charge is 0.497 e. The van der Waals surface area contributed by atoms with E-state index in [2.05, 4.69) is 20.6 Å². The molecule has 10 nitrogen and oxygen atoms in total. The predicted molar refractivity (Wildman–Crippen MR) is 155 cm³/mol. The minimum Gasteiger partial charge on any atom is -0.497 e. The average Bonchev–Trinajstić information content (AvgIpc) is 2.97. The van der Waals surface area contributed by atoms with Gasteiger partial charge in [-0.15, -0.1) is 0 Å². The summed E-state index contributed by atoms with van der Waals surface area (Å²) in [7, 11) is -0.833. The van der Waals surface area contributed by atoms with Crippen molar-refractivity contribution in [1.82, 2.24) is 9.97 Å². The summed E-state index contributed by atoms with van der Waals surface area (Å²) < 4.78 is 38.0. The Bertz CT molecular complexity index is 1700. The van der Waals surface area contributed by atoms with Gasteiger partial charge < -0.3 is 20.1 Å². The van der Waals surface area contributed by atoms with Gasteiger partial charge in [0.15, 0.2) is 15.7 Å². The molecule has 0 radical (unpaired) electrons. The maximum atomic E-state index is 13.6. The third kappa shape index (κ3) is 6.63. The molecule has 4 aromatic rings. The van der Waals surface area contributed by atoms with Crippen LogP contribution in [0.5, 0.6) is 11.5 Å². The van der Waals surface area contributed by atoms with E-state index in [0.717, 1.165) is 0 Å². The Labute approximate surface area is 238 Å². The summed E-state index contributed by atoms with van der Waals surface area (Å²) in [5.41, 5.74) is 2.29. The minimum absolute atomic E-state index is 0.0268. The van der Waals surface area contributed by atoms with Crippen LogP contribution < -0.4 is 20.1 Å². The number of rotatable bonds is 9. The molecule has 212 valence electrons. The van der Waals surface area contributed by atoms with Crippen molar-refractivity contribution in [1.29, 1.82) is 0 Å². The Morgan fingerprint density at radius 2 is 1.63 bits per heavy atom. The van der Waals surface area contributed by atoms with Crippen LogP contribution in [0.2, 0.25) is 0 Å². The molecular formula is C30H30N4O6S. The van der Waals surface area contributed by atoms with Crippen molar-refractivity contribution in [2.24, 2.45) is 5.92 Å². The van der Waals surface area contributed by atoms with Gasteiger partial charge in [0.05, 0.1) is 35.8 Å². The second kappa shape index (κ2) is 11.9. The molecule has 0 bridgehead atoms. The van der Waals surface area contributed by atoms with E-state index in [1.165, 1.54) is 26.4 Å². The summed E-state index contributed by atoms with van der Waals surface area (Å²) in [6.07, 6.45) is 2.01. The summed E-state index contributed by atoms with van der Waals surface area (Å²) in [5.74, 6) is 0.303. The van der Waals surface area contributed by atoms with E-state index in [4.69, 9.17) is 9.47 Å². The monoisotopic (exact) mass is 574 g/mol. The van der Waals surface area contributed by atoms with Gasteiger partial charge in [-0.25, -0.2) is 18.4 Å². The van der Waals surface area contributed by atoms with Gasteiger partial charge in [0.25, 0.3) is 0 Å². The molecule has 1 aromatic heterocycles. The van der Waals surface area contributed by atoms with Gasteiger partial charge in [-0.3, -0.25) is 9.59 Å². The maximum absolute atomic E-state index is 13.6. The Kier molecular flexibility index (Phi) is 8.16. The van der Waals surface area contributed by atoms with Crippen LogP contribution in [0, 0.1) is 5.92 Å². The smallest absolute Gasteiger partial charge is 0.227 e. The topological polar surface area (TPSA) is 137 Å². The molecule has 0 saturated heterocycles. The van der Waals surface area contributed by atoms with Gasteiger partial charge in [0.1, 0.15) is 23.0 Å². The summed E-state index contributed by atoms with van der Waals surface area (Å²) in [5, 5.41) is 5.96. The Morgan fingerprint density at radius 3 is 2.32 bits per heavy atom. The zero-order chi connectivity index (χ0) is 29.0. The fourth-order valence-electron chi connectivity index (χ4n) is 4.78. The van der Waals surface area contributed by atoms with E-state index in [9.17, 15) is 18.0 Å². The number of hydrogen-bond donors (Lipinski definition) is 2. The summed E-state index contributed by atoms with van der Waals surface area (Å²) in [4.78, 5) is 33.9. The number of carbonyl (C=O) groups excluding carboxylic acids is 2. The lowest BCUT2D eigenvalue weighted by molar-refractivity contribution is -0.128. The number of aromatic nitrogens is 2. The van der Waals surface area contributed by atoms with Crippen molar-refractivity contribution >= 4 is 49.8 Å². The summed E-state index contributed by atoms with van der Waals surface area (Å²) >= 11 is 0. The number of amides is 1. The number of nitrogens with one attached hydrogen (secondary N) is 2. The molecule has 2 N–H and O–H groups in total. The Morgan fingerprint density at radius 1 is 0.927 bits per heavy atom. The number of hydrogen-bond acceptors (Lipinski definition) is 9. The van der Waals surface area contributed by atoms with Crippen LogP contribution in [0.3, 0.4) is 0 Å². The third-order valence-corrected chi connectivity index (χ3v) is 8.52. The highest BCUT2D eigenvalue weighted by Gasteiger charge is 2.26. The number of Topliss-reactive ketones (excluding diaryl/α,β-unsaturated/α-hetero) is 1. The number of nitrogens with zero attached hydrogens (tertiary/aromatic N) is 2. The second-order valence-electron chi connectivity index (χ2n) is 9.84. The predicted octanol–water partition coefficient (Wildman–Crippen LogP) is 5.06. The van der Waals surface area contributed by atoms with Crippen LogP contribution in [0.15, 0.2) is 71.6 Å². The van der Waals surface area contributed by atoms with Crippen molar-refractivity contribution < 1.29 is 27.5 Å². The van der Waals surface area contributed by atoms with E-state index in [1.807, 2.05) is 6.07 Å². The second-order valence-corrected chi connectivity index (χ2v) is 11.8. The molecule has 41 heavy (non-hydrogen) atoms. The van der Waals surface area contributed by atoms with Crippen LogP contribution in [-0.4, -0.2) is 44.3 Å². The molecule has 1 atom stereocenters. The minimum atomic E-state index is -3.91. The van der Waals surface area contributed by atoms with Gasteiger partial charge in [-0.2, -0.15) is 0 Å². The van der Waals surface area contributed by atoms with Crippen LogP contribution in [0.4, 0.5) is 17.2 Å². The molecule has 0 aliphatic heterocycles. The Hall–Kier alpha value is -4.51. The van der Waals surface area contributed by atoms with Gasteiger partial charge in [-0.05, 0) is 43.2 Å². The van der Waals surface area contributed by atoms with Crippen LogP contribution in [0.1, 0.15) is 31.4 Å². The van der Waals surface area contributed by atoms with Crippen LogP contribution in [-0.2, 0) is 25.2 Å². The lowest BCUT2D eigenvalue weighted by Crippen LogP contribution is -2.28. The molecule has 0 spiro atoms. The van der Waals surface area contributed by atoms with Gasteiger partial charge in [-0.1, -0.05) is 18.2 Å². The van der Waals surface area contributed by atoms with Gasteiger partial charge in [0.2, 0.25) is 5.91 Å². The summed E-state index contributed by atoms with van der Waals surface area (Å²) in [6, 6.07) is 18.5. The molecule has 1 unspecified atom stereocenters. The van der Waals surface area contributed by atoms with E-state index < -0.39 is 21.5 Å². The first-order chi connectivity index (χ1) is 19.7. The zero-order valence-electron chi connectivity index (χ0n) is 22.7. The van der Waals surface area contributed by atoms with Crippen molar-refractivity contribution in [3.8, 4) is 11.5 Å². The Balaban J connectivity index is 1.44. The van der Waals surface area contributed by atoms with E-state index in [-0.39, 0.29) is 34.5 Å². The number of methoxy groups -OCH3 is 2. The lowest BCUT2D eigenvalue weighted by atomic mass is 9.88. The number of ether oxygens (including phenoxy) is 2. The number of sulfone groups is 1. The fourth-order valence-corrected chi connectivity index (χ4v) is 6.10. The maximum Gasteiger partial charge on any atom is 0.227 e. The van der Waals surface area contributed by atoms with Gasteiger partial charge >= 0.3 is 0 Å². The molecule has 1 amide bonds. The van der Waals surface area contributed by atoms with Crippen molar-refractivity contribution in [3.63, 3.8) is 0 Å². The highest BCUT2D eigenvalue weighted by Crippen LogP contribution is 2.31. The number of para-hydroxylation sites is 2. The van der Waals surface area contributed by atoms with E-state index in [1.54, 1.807) is 48.5 Å². The van der Waals surface area contributed by atoms with E-state index in [0.29, 0.717) is 53.2 Å². The van der Waals surface area contributed by atoms with Crippen LogP contribution in [0.25, 0.3) is 11.0 Å². The van der Waals surface area contributed by atoms with Crippen molar-refractivity contribution in [2.75, 3.05) is 24.9 Å². The molecule has 11 heteroatoms. The molecule has 1 heterocycles.